The fourth-order valence-electron chi connectivity index (χ4n) is 6.32. The molecule has 0 amide bonds. The number of carbonyl (C=O) groups is 2. The van der Waals surface area contributed by atoms with Crippen molar-refractivity contribution in [1.82, 2.24) is 19.9 Å². The zero-order valence-corrected chi connectivity index (χ0v) is 26.1. The highest BCUT2D eigenvalue weighted by atomic mass is 16.5. The van der Waals surface area contributed by atoms with E-state index in [9.17, 15) is 14.7 Å². The molecule has 0 spiro atoms. The van der Waals surface area contributed by atoms with Crippen LogP contribution in [0, 0.1) is 13.8 Å². The lowest BCUT2D eigenvalue weighted by molar-refractivity contribution is -0.140. The number of carboxylic acid groups (broad SMARTS) is 1. The molecule has 0 aliphatic carbocycles. The van der Waals surface area contributed by atoms with E-state index in [0.29, 0.717) is 18.5 Å². The van der Waals surface area contributed by atoms with Crippen LogP contribution in [0.15, 0.2) is 24.3 Å². The third-order valence-corrected chi connectivity index (χ3v) is 8.90. The summed E-state index contributed by atoms with van der Waals surface area (Å²) >= 11 is 0. The zero-order chi connectivity index (χ0) is 31.0. The number of aryl methyl sites for hydroxylation is 4. The van der Waals surface area contributed by atoms with E-state index in [1.54, 1.807) is 0 Å². The second kappa shape index (κ2) is 12.0. The van der Waals surface area contributed by atoms with E-state index in [2.05, 4.69) is 55.9 Å². The third kappa shape index (κ3) is 5.66. The van der Waals surface area contributed by atoms with Gasteiger partial charge < -0.3 is 19.8 Å². The maximum Gasteiger partial charge on any atom is 0.305 e. The minimum Gasteiger partial charge on any atom is -0.481 e. The van der Waals surface area contributed by atoms with Crippen LogP contribution in [-0.2, 0) is 27.2 Å². The summed E-state index contributed by atoms with van der Waals surface area (Å²) in [5, 5.41) is 9.50. The van der Waals surface area contributed by atoms with Crippen molar-refractivity contribution in [3.8, 4) is 0 Å². The van der Waals surface area contributed by atoms with E-state index in [1.807, 2.05) is 19.9 Å². The summed E-state index contributed by atoms with van der Waals surface area (Å²) in [6, 6.07) is 8.32. The highest BCUT2D eigenvalue weighted by molar-refractivity contribution is 5.96. The van der Waals surface area contributed by atoms with Crippen molar-refractivity contribution < 1.29 is 19.4 Å². The van der Waals surface area contributed by atoms with E-state index in [0.717, 1.165) is 74.3 Å². The molecule has 8 heteroatoms. The molecule has 43 heavy (non-hydrogen) atoms. The molecule has 3 aromatic rings. The summed E-state index contributed by atoms with van der Waals surface area (Å²) in [5.74, 6) is -1.13. The molecule has 224 valence electrons. The fourth-order valence-corrected chi connectivity index (χ4v) is 6.32. The Hall–Kier alpha value is -4.46. The van der Waals surface area contributed by atoms with Gasteiger partial charge in [-0.3, -0.25) is 9.59 Å². The van der Waals surface area contributed by atoms with Gasteiger partial charge in [-0.2, -0.15) is 0 Å². The van der Waals surface area contributed by atoms with Gasteiger partial charge in [0.05, 0.1) is 29.9 Å². The molecule has 2 aliphatic rings. The van der Waals surface area contributed by atoms with Gasteiger partial charge in [0.25, 0.3) is 0 Å². The Morgan fingerprint density at radius 3 is 1.58 bits per heavy atom. The van der Waals surface area contributed by atoms with Gasteiger partial charge in [-0.1, -0.05) is 13.8 Å². The standard InChI is InChI=1S/C35H40N4O4/c1-8-22-18(3)26-14-28-20(5)24(10-12-34(40)41)32(38-28)17-33-25(11-13-35(42)43-7)21(6)29(39-33)15-27-19(4)23(9-2)31(37-27)16-30(22)36-26/h14-17,36-37H,8-13H2,1-7H3,(H,40,41). The largest absolute Gasteiger partial charge is 0.481 e. The predicted molar refractivity (Wildman–Crippen MR) is 172 cm³/mol. The Morgan fingerprint density at radius 2 is 1.16 bits per heavy atom. The summed E-state index contributed by atoms with van der Waals surface area (Å²) in [6.07, 6.45) is 2.83. The quantitative estimate of drug-likeness (QED) is 0.234. The molecule has 5 heterocycles. The van der Waals surface area contributed by atoms with Gasteiger partial charge in [0.2, 0.25) is 0 Å². The number of fused-ring (bicyclic) bond motifs is 8. The Kier molecular flexibility index (Phi) is 8.40. The monoisotopic (exact) mass is 580 g/mol. The topological polar surface area (TPSA) is 121 Å². The maximum absolute atomic E-state index is 12.1. The number of H-pyrrole nitrogens is 2. The first-order valence-corrected chi connectivity index (χ1v) is 15.0. The average molecular weight is 581 g/mol. The molecule has 5 rings (SSSR count). The summed E-state index contributed by atoms with van der Waals surface area (Å²) in [5.41, 5.74) is 15.9. The van der Waals surface area contributed by atoms with E-state index >= 15 is 0 Å². The SMILES string of the molecule is CCc1c(C)c2cc3nc(cc4nc(cc5[nH]c(cc1[nH]2)c(CC)c5C)C(C)=C4CCC(=O)OC)C(CCC(=O)O)=C3C. The van der Waals surface area contributed by atoms with E-state index in [-0.39, 0.29) is 18.8 Å². The maximum atomic E-state index is 12.1. The summed E-state index contributed by atoms with van der Waals surface area (Å²) < 4.78 is 4.93. The van der Waals surface area contributed by atoms with Crippen LogP contribution in [0.25, 0.3) is 44.4 Å². The number of carboxylic acids is 1. The Balaban J connectivity index is 1.90. The Morgan fingerprint density at radius 1 is 0.698 bits per heavy atom. The molecule has 3 N–H and O–H groups in total. The van der Waals surface area contributed by atoms with Crippen molar-refractivity contribution in [2.75, 3.05) is 7.11 Å². The number of methoxy groups -OCH3 is 1. The lowest BCUT2D eigenvalue weighted by Crippen LogP contribution is -2.00. The van der Waals surface area contributed by atoms with Crippen LogP contribution in [0.5, 0.6) is 0 Å². The number of hydrogen-bond acceptors (Lipinski definition) is 5. The van der Waals surface area contributed by atoms with Gasteiger partial charge in [-0.15, -0.1) is 0 Å². The van der Waals surface area contributed by atoms with E-state index in [4.69, 9.17) is 14.7 Å². The van der Waals surface area contributed by atoms with Crippen LogP contribution < -0.4 is 0 Å². The molecular weight excluding hydrogens is 540 g/mol. The van der Waals surface area contributed by atoms with Crippen LogP contribution >= 0.6 is 0 Å². The number of allylic oxidation sites excluding steroid dienone is 4. The van der Waals surface area contributed by atoms with Gasteiger partial charge in [0, 0.05) is 34.9 Å². The molecule has 0 fully saturated rings. The van der Waals surface area contributed by atoms with Gasteiger partial charge >= 0.3 is 11.9 Å². The summed E-state index contributed by atoms with van der Waals surface area (Å²) in [4.78, 5) is 41.1. The van der Waals surface area contributed by atoms with Gasteiger partial charge in [0.1, 0.15) is 0 Å². The normalized spacial score (nSPS) is 13.2. The molecular formula is C35H40N4O4. The number of carbonyl (C=O) groups excluding carboxylic acids is 1. The van der Waals surface area contributed by atoms with Crippen LogP contribution in [0.3, 0.4) is 0 Å². The molecule has 3 aromatic heterocycles. The summed E-state index contributed by atoms with van der Waals surface area (Å²) in [6.45, 7) is 12.7. The number of hydrogen-bond donors (Lipinski definition) is 3. The molecule has 0 radical (unpaired) electrons. The first-order chi connectivity index (χ1) is 20.6. The lowest BCUT2D eigenvalue weighted by atomic mass is 9.98. The van der Waals surface area contributed by atoms with Crippen molar-refractivity contribution in [2.24, 2.45) is 0 Å². The first-order valence-electron chi connectivity index (χ1n) is 15.0. The molecule has 0 aromatic carbocycles. The van der Waals surface area contributed by atoms with Crippen LogP contribution in [-0.4, -0.2) is 44.1 Å². The first kappa shape index (κ1) is 30.0. The average Bonchev–Trinajstić information content (AvgIpc) is 3.63. The van der Waals surface area contributed by atoms with Gasteiger partial charge in [-0.05, 0) is 122 Å². The highest BCUT2D eigenvalue weighted by Gasteiger charge is 2.23. The number of esters is 1. The van der Waals surface area contributed by atoms with Crippen molar-refractivity contribution in [1.29, 1.82) is 0 Å². The second-order valence-corrected chi connectivity index (χ2v) is 11.3. The van der Waals surface area contributed by atoms with Crippen LogP contribution in [0.2, 0.25) is 0 Å². The number of nitrogens with one attached hydrogen (secondary N) is 2. The van der Waals surface area contributed by atoms with Crippen LogP contribution in [0.1, 0.15) is 98.4 Å². The highest BCUT2D eigenvalue weighted by Crippen LogP contribution is 2.38. The van der Waals surface area contributed by atoms with Crippen molar-refractivity contribution in [3.05, 3.63) is 69.3 Å². The zero-order valence-electron chi connectivity index (χ0n) is 26.1. The molecule has 2 aliphatic heterocycles. The molecule has 0 unspecified atom stereocenters. The van der Waals surface area contributed by atoms with Crippen molar-refractivity contribution >= 4 is 56.3 Å². The van der Waals surface area contributed by atoms with Crippen molar-refractivity contribution in [2.45, 2.75) is 80.1 Å². The third-order valence-electron chi connectivity index (χ3n) is 8.90. The second-order valence-electron chi connectivity index (χ2n) is 11.3. The Labute approximate surface area is 252 Å². The molecule has 0 saturated carbocycles. The molecule has 0 saturated heterocycles. The van der Waals surface area contributed by atoms with Gasteiger partial charge in [-0.25, -0.2) is 9.97 Å². The fraction of sp³-hybridized carbons (Fsp3) is 0.371. The van der Waals surface area contributed by atoms with Crippen molar-refractivity contribution in [3.63, 3.8) is 0 Å². The molecule has 8 bridgehead atoms. The Bertz CT molecular complexity index is 1870. The number of aliphatic carboxylic acids is 1. The molecule has 0 atom stereocenters. The van der Waals surface area contributed by atoms with E-state index < -0.39 is 5.97 Å². The number of aromatic nitrogens is 4. The minimum atomic E-state index is -0.853. The number of rotatable bonds is 8. The number of nitrogens with zero attached hydrogens (tertiary/aromatic N) is 2. The van der Waals surface area contributed by atoms with Crippen LogP contribution in [0.4, 0.5) is 0 Å². The molecule has 8 nitrogen and oxygen atoms in total. The lowest BCUT2D eigenvalue weighted by Gasteiger charge is -2.05. The minimum absolute atomic E-state index is 0.00308. The van der Waals surface area contributed by atoms with E-state index in [1.165, 1.54) is 29.4 Å². The number of ether oxygens (including phenoxy) is 1. The van der Waals surface area contributed by atoms with Gasteiger partial charge in [0.15, 0.2) is 0 Å². The number of aromatic amines is 2. The predicted octanol–water partition coefficient (Wildman–Crippen LogP) is 7.74. The smallest absolute Gasteiger partial charge is 0.305 e. The summed E-state index contributed by atoms with van der Waals surface area (Å²) in [7, 11) is 1.40.